The third-order valence-electron chi connectivity index (χ3n) is 1.41. The van der Waals surface area contributed by atoms with Crippen LogP contribution in [0.5, 0.6) is 0 Å². The second-order valence-corrected chi connectivity index (χ2v) is 2.10. The topological polar surface area (TPSA) is 43.6 Å². The molecule has 0 aliphatic heterocycles. The predicted molar refractivity (Wildman–Crippen MR) is 36.3 cm³/mol. The lowest BCUT2D eigenvalue weighted by atomic mass is 10.5. The fourth-order valence-corrected chi connectivity index (χ4v) is 0.888. The van der Waals surface area contributed by atoms with E-state index in [0.717, 1.165) is 5.52 Å². The maximum Gasteiger partial charge on any atom is 0.199 e. The molecule has 0 saturated carbocycles. The van der Waals surface area contributed by atoms with Crippen molar-refractivity contribution in [2.24, 2.45) is 7.05 Å². The molecular formula is C6H6N4. The van der Waals surface area contributed by atoms with Crippen molar-refractivity contribution in [2.45, 2.75) is 0 Å². The molecule has 4 heteroatoms. The third-order valence-corrected chi connectivity index (χ3v) is 1.41. The van der Waals surface area contributed by atoms with Crippen LogP contribution in [0.2, 0.25) is 0 Å². The first kappa shape index (κ1) is 5.34. The number of aromatic nitrogens is 4. The van der Waals surface area contributed by atoms with Crippen molar-refractivity contribution in [3.05, 3.63) is 18.6 Å². The van der Waals surface area contributed by atoms with Gasteiger partial charge >= 0.3 is 0 Å². The van der Waals surface area contributed by atoms with Gasteiger partial charge < -0.3 is 4.57 Å². The van der Waals surface area contributed by atoms with Gasteiger partial charge in [0.25, 0.3) is 0 Å². The molecule has 0 aliphatic carbocycles. The Morgan fingerprint density at radius 1 is 1.50 bits per heavy atom. The van der Waals surface area contributed by atoms with Gasteiger partial charge in [-0.05, 0) is 6.07 Å². The maximum absolute atomic E-state index is 4.01. The van der Waals surface area contributed by atoms with Gasteiger partial charge in [0.1, 0.15) is 0 Å². The summed E-state index contributed by atoms with van der Waals surface area (Å²) in [5.74, 6) is 0. The first-order valence-electron chi connectivity index (χ1n) is 2.96. The highest BCUT2D eigenvalue weighted by Gasteiger charge is 1.96. The van der Waals surface area contributed by atoms with Gasteiger partial charge in [-0.2, -0.15) is 5.10 Å². The molecule has 10 heavy (non-hydrogen) atoms. The van der Waals surface area contributed by atoms with Gasteiger partial charge in [-0.25, -0.2) is 4.98 Å². The smallest absolute Gasteiger partial charge is 0.199 e. The average molecular weight is 134 g/mol. The Labute approximate surface area is 57.5 Å². The molecule has 0 spiro atoms. The number of hydrogen-bond donors (Lipinski definition) is 0. The minimum atomic E-state index is 0.699. The van der Waals surface area contributed by atoms with Crippen LogP contribution in [0.4, 0.5) is 0 Å². The SMILES string of the molecule is Cn1cnc2nnccc21. The van der Waals surface area contributed by atoms with Gasteiger partial charge in [0, 0.05) is 7.05 Å². The molecule has 0 atom stereocenters. The van der Waals surface area contributed by atoms with Crippen LogP contribution in [0, 0.1) is 0 Å². The molecule has 0 aromatic carbocycles. The minimum absolute atomic E-state index is 0.699. The molecule has 2 aromatic heterocycles. The zero-order chi connectivity index (χ0) is 6.97. The third kappa shape index (κ3) is 0.586. The van der Waals surface area contributed by atoms with Crippen LogP contribution >= 0.6 is 0 Å². The van der Waals surface area contributed by atoms with Crippen LogP contribution < -0.4 is 0 Å². The lowest BCUT2D eigenvalue weighted by molar-refractivity contribution is 0.946. The Bertz CT molecular complexity index is 351. The minimum Gasteiger partial charge on any atom is -0.332 e. The van der Waals surface area contributed by atoms with E-state index in [0.29, 0.717) is 5.65 Å². The Morgan fingerprint density at radius 2 is 2.40 bits per heavy atom. The molecule has 2 heterocycles. The second kappa shape index (κ2) is 1.76. The molecule has 0 radical (unpaired) electrons. The molecule has 2 aromatic rings. The van der Waals surface area contributed by atoms with Gasteiger partial charge in [-0.1, -0.05) is 0 Å². The second-order valence-electron chi connectivity index (χ2n) is 2.10. The van der Waals surface area contributed by atoms with E-state index >= 15 is 0 Å². The van der Waals surface area contributed by atoms with Crippen molar-refractivity contribution in [1.29, 1.82) is 0 Å². The van der Waals surface area contributed by atoms with Crippen molar-refractivity contribution in [3.63, 3.8) is 0 Å². The van der Waals surface area contributed by atoms with Gasteiger partial charge in [0.05, 0.1) is 18.0 Å². The van der Waals surface area contributed by atoms with Gasteiger partial charge in [-0.15, -0.1) is 5.10 Å². The number of fused-ring (bicyclic) bond motifs is 1. The summed E-state index contributed by atoms with van der Waals surface area (Å²) >= 11 is 0. The number of imidazole rings is 1. The van der Waals surface area contributed by atoms with Gasteiger partial charge in [0.15, 0.2) is 5.65 Å². The molecule has 4 nitrogen and oxygen atoms in total. The van der Waals surface area contributed by atoms with E-state index in [9.17, 15) is 0 Å². The number of rotatable bonds is 0. The summed E-state index contributed by atoms with van der Waals surface area (Å²) in [6.45, 7) is 0. The average Bonchev–Trinajstić information content (AvgIpc) is 2.34. The first-order chi connectivity index (χ1) is 4.88. The van der Waals surface area contributed by atoms with Crippen LogP contribution in [-0.4, -0.2) is 19.7 Å². The summed E-state index contributed by atoms with van der Waals surface area (Å²) in [5.41, 5.74) is 1.71. The predicted octanol–water partition coefficient (Wildman–Crippen LogP) is 0.363. The lowest BCUT2D eigenvalue weighted by Crippen LogP contribution is -1.85. The van der Waals surface area contributed by atoms with Crippen molar-refractivity contribution in [2.75, 3.05) is 0 Å². The molecule has 0 amide bonds. The van der Waals surface area contributed by atoms with Crippen LogP contribution in [0.25, 0.3) is 11.2 Å². The summed E-state index contributed by atoms with van der Waals surface area (Å²) < 4.78 is 1.91. The molecule has 0 N–H and O–H groups in total. The van der Waals surface area contributed by atoms with E-state index < -0.39 is 0 Å². The first-order valence-corrected chi connectivity index (χ1v) is 2.96. The van der Waals surface area contributed by atoms with E-state index in [1.165, 1.54) is 0 Å². The zero-order valence-corrected chi connectivity index (χ0v) is 5.52. The Balaban J connectivity index is 2.93. The molecule has 0 unspecified atom stereocenters. The normalized spacial score (nSPS) is 10.5. The summed E-state index contributed by atoms with van der Waals surface area (Å²) in [6, 6.07) is 1.88. The highest BCUT2D eigenvalue weighted by molar-refractivity contribution is 5.69. The zero-order valence-electron chi connectivity index (χ0n) is 5.52. The quantitative estimate of drug-likeness (QED) is 0.522. The highest BCUT2D eigenvalue weighted by atomic mass is 15.2. The summed E-state index contributed by atoms with van der Waals surface area (Å²) in [5, 5.41) is 7.52. The highest BCUT2D eigenvalue weighted by Crippen LogP contribution is 2.04. The van der Waals surface area contributed by atoms with Crippen molar-refractivity contribution in [1.82, 2.24) is 19.7 Å². The van der Waals surface area contributed by atoms with E-state index in [1.807, 2.05) is 17.7 Å². The summed E-state index contributed by atoms with van der Waals surface area (Å²) in [4.78, 5) is 4.01. The van der Waals surface area contributed by atoms with Crippen molar-refractivity contribution < 1.29 is 0 Å². The van der Waals surface area contributed by atoms with Crippen molar-refractivity contribution in [3.8, 4) is 0 Å². The fourth-order valence-electron chi connectivity index (χ4n) is 0.888. The lowest BCUT2D eigenvalue weighted by Gasteiger charge is -1.88. The molecule has 0 bridgehead atoms. The van der Waals surface area contributed by atoms with Gasteiger partial charge in [0.2, 0.25) is 0 Å². The van der Waals surface area contributed by atoms with E-state index in [-0.39, 0.29) is 0 Å². The van der Waals surface area contributed by atoms with E-state index in [4.69, 9.17) is 0 Å². The largest absolute Gasteiger partial charge is 0.332 e. The Hall–Kier alpha value is -1.45. The van der Waals surface area contributed by atoms with Crippen LogP contribution in [0.1, 0.15) is 0 Å². The van der Waals surface area contributed by atoms with E-state index in [1.54, 1.807) is 12.5 Å². The standard InChI is InChI=1S/C6H6N4/c1-10-4-7-6-5(10)2-3-8-9-6/h2-4H,1H3. The summed E-state index contributed by atoms with van der Waals surface area (Å²) in [7, 11) is 1.93. The van der Waals surface area contributed by atoms with Crippen LogP contribution in [-0.2, 0) is 7.05 Å². The molecule has 0 fully saturated rings. The maximum atomic E-state index is 4.01. The van der Waals surface area contributed by atoms with Crippen LogP contribution in [0.3, 0.4) is 0 Å². The Kier molecular flexibility index (Phi) is 0.943. The van der Waals surface area contributed by atoms with Gasteiger partial charge in [-0.3, -0.25) is 0 Å². The van der Waals surface area contributed by atoms with Crippen LogP contribution in [0.15, 0.2) is 18.6 Å². The number of aryl methyl sites for hydroxylation is 1. The molecule has 0 saturated heterocycles. The Morgan fingerprint density at radius 3 is 3.20 bits per heavy atom. The molecule has 0 aliphatic rings. The monoisotopic (exact) mass is 134 g/mol. The number of hydrogen-bond acceptors (Lipinski definition) is 3. The van der Waals surface area contributed by atoms with E-state index in [2.05, 4.69) is 15.2 Å². The van der Waals surface area contributed by atoms with Crippen molar-refractivity contribution >= 4 is 11.2 Å². The number of nitrogens with zero attached hydrogens (tertiary/aromatic N) is 4. The molecule has 50 valence electrons. The molecule has 2 rings (SSSR count). The molecular weight excluding hydrogens is 128 g/mol. The fraction of sp³-hybridized carbons (Fsp3) is 0.167. The summed E-state index contributed by atoms with van der Waals surface area (Å²) in [6.07, 6.45) is 3.38.